The summed E-state index contributed by atoms with van der Waals surface area (Å²) < 4.78 is 5.78. The predicted molar refractivity (Wildman–Crippen MR) is 74.8 cm³/mol. The second-order valence-electron chi connectivity index (χ2n) is 4.52. The van der Waals surface area contributed by atoms with Gasteiger partial charge in [0.05, 0.1) is 6.54 Å². The van der Waals surface area contributed by atoms with E-state index in [2.05, 4.69) is 35.5 Å². The molecule has 0 aliphatic heterocycles. The minimum Gasteiger partial charge on any atom is -0.464 e. The number of rotatable bonds is 5. The van der Waals surface area contributed by atoms with E-state index in [1.165, 1.54) is 11.3 Å². The van der Waals surface area contributed by atoms with Gasteiger partial charge in [-0.25, -0.2) is 0 Å². The maximum Gasteiger partial charge on any atom is 0.123 e. The Labute approximate surface area is 108 Å². The Bertz CT molecular complexity index is 490. The van der Waals surface area contributed by atoms with Crippen molar-refractivity contribution in [3.05, 3.63) is 53.5 Å². The number of benzene rings is 1. The van der Waals surface area contributed by atoms with Gasteiger partial charge in [0.2, 0.25) is 0 Å². The molecule has 0 radical (unpaired) electrons. The van der Waals surface area contributed by atoms with E-state index in [-0.39, 0.29) is 0 Å². The lowest BCUT2D eigenvalue weighted by atomic mass is 10.2. The summed E-state index contributed by atoms with van der Waals surface area (Å²) in [6.45, 7) is 3.65. The van der Waals surface area contributed by atoms with Gasteiger partial charge in [-0.05, 0) is 32.2 Å². The van der Waals surface area contributed by atoms with Crippen molar-refractivity contribution in [3.8, 4) is 0 Å². The van der Waals surface area contributed by atoms with Crippen molar-refractivity contribution in [2.75, 3.05) is 19.0 Å². The van der Waals surface area contributed by atoms with Crippen LogP contribution < -0.4 is 10.2 Å². The zero-order chi connectivity index (χ0) is 13.0. The molecule has 2 rings (SSSR count). The van der Waals surface area contributed by atoms with Crippen molar-refractivity contribution >= 4 is 5.69 Å². The highest BCUT2D eigenvalue weighted by Crippen LogP contribution is 2.19. The molecule has 0 spiro atoms. The minimum atomic E-state index is 0.786. The van der Waals surface area contributed by atoms with Gasteiger partial charge in [0.15, 0.2) is 0 Å². The molecule has 0 saturated heterocycles. The quantitative estimate of drug-likeness (QED) is 0.876. The van der Waals surface area contributed by atoms with Gasteiger partial charge in [0, 0.05) is 24.8 Å². The van der Waals surface area contributed by atoms with Gasteiger partial charge < -0.3 is 14.6 Å². The number of nitrogens with one attached hydrogen (secondary N) is 1. The van der Waals surface area contributed by atoms with Crippen LogP contribution in [0.2, 0.25) is 0 Å². The van der Waals surface area contributed by atoms with Gasteiger partial charge in [0.25, 0.3) is 0 Å². The Balaban J connectivity index is 2.07. The predicted octanol–water partition coefficient (Wildman–Crippen LogP) is 2.94. The molecule has 1 heterocycles. The van der Waals surface area contributed by atoms with Crippen LogP contribution in [0.1, 0.15) is 17.1 Å². The average molecular weight is 244 g/mol. The molecule has 96 valence electrons. The van der Waals surface area contributed by atoms with E-state index in [1.807, 2.05) is 32.2 Å². The van der Waals surface area contributed by atoms with Crippen LogP contribution in [0.5, 0.6) is 0 Å². The van der Waals surface area contributed by atoms with Crippen LogP contribution in [0.25, 0.3) is 0 Å². The summed E-state index contributed by atoms with van der Waals surface area (Å²) in [6, 6.07) is 12.5. The molecule has 0 amide bonds. The number of aryl methyl sites for hydroxylation is 1. The third kappa shape index (κ3) is 2.93. The second kappa shape index (κ2) is 5.74. The minimum absolute atomic E-state index is 0.786. The summed E-state index contributed by atoms with van der Waals surface area (Å²) in [4.78, 5) is 2.18. The summed E-state index contributed by atoms with van der Waals surface area (Å²) in [5.41, 5.74) is 2.43. The normalized spacial score (nSPS) is 10.6. The van der Waals surface area contributed by atoms with Crippen LogP contribution >= 0.6 is 0 Å². The van der Waals surface area contributed by atoms with Crippen molar-refractivity contribution in [1.82, 2.24) is 5.32 Å². The molecule has 1 aromatic heterocycles. The van der Waals surface area contributed by atoms with Gasteiger partial charge in [-0.2, -0.15) is 0 Å². The fourth-order valence-electron chi connectivity index (χ4n) is 2.04. The van der Waals surface area contributed by atoms with E-state index in [4.69, 9.17) is 4.42 Å². The van der Waals surface area contributed by atoms with Crippen molar-refractivity contribution in [2.45, 2.75) is 20.0 Å². The Morgan fingerprint density at radius 2 is 1.94 bits per heavy atom. The molecule has 3 heteroatoms. The zero-order valence-corrected chi connectivity index (χ0v) is 11.2. The third-order valence-corrected chi connectivity index (χ3v) is 3.03. The first-order valence-corrected chi connectivity index (χ1v) is 6.19. The molecule has 3 nitrogen and oxygen atoms in total. The SMILES string of the molecule is CNCc1cc(CN(C)c2ccccc2)oc1C. The maximum atomic E-state index is 5.78. The van der Waals surface area contributed by atoms with E-state index in [0.29, 0.717) is 0 Å². The van der Waals surface area contributed by atoms with Crippen molar-refractivity contribution in [3.63, 3.8) is 0 Å². The van der Waals surface area contributed by atoms with Gasteiger partial charge in [0.1, 0.15) is 11.5 Å². The molecule has 0 aliphatic carbocycles. The fourth-order valence-corrected chi connectivity index (χ4v) is 2.04. The molecule has 0 aliphatic rings. The van der Waals surface area contributed by atoms with E-state index < -0.39 is 0 Å². The first-order valence-electron chi connectivity index (χ1n) is 6.19. The number of hydrogen-bond donors (Lipinski definition) is 1. The Morgan fingerprint density at radius 3 is 2.61 bits per heavy atom. The summed E-state index contributed by atoms with van der Waals surface area (Å²) in [5.74, 6) is 2.00. The lowest BCUT2D eigenvalue weighted by molar-refractivity contribution is 0.478. The molecule has 0 atom stereocenters. The lowest BCUT2D eigenvalue weighted by Gasteiger charge is -2.17. The van der Waals surface area contributed by atoms with Crippen LogP contribution in [-0.4, -0.2) is 14.1 Å². The number of para-hydroxylation sites is 1. The van der Waals surface area contributed by atoms with Gasteiger partial charge in [-0.3, -0.25) is 0 Å². The molecular formula is C15H20N2O. The molecule has 1 aromatic carbocycles. The Morgan fingerprint density at radius 1 is 1.22 bits per heavy atom. The molecule has 0 fully saturated rings. The van der Waals surface area contributed by atoms with Crippen molar-refractivity contribution < 1.29 is 4.42 Å². The second-order valence-corrected chi connectivity index (χ2v) is 4.52. The Kier molecular flexibility index (Phi) is 4.05. The third-order valence-electron chi connectivity index (χ3n) is 3.03. The van der Waals surface area contributed by atoms with E-state index >= 15 is 0 Å². The summed E-state index contributed by atoms with van der Waals surface area (Å²) in [7, 11) is 4.02. The number of hydrogen-bond acceptors (Lipinski definition) is 3. The first kappa shape index (κ1) is 12.7. The lowest BCUT2D eigenvalue weighted by Crippen LogP contribution is -2.15. The van der Waals surface area contributed by atoms with E-state index in [0.717, 1.165) is 24.6 Å². The van der Waals surface area contributed by atoms with Crippen molar-refractivity contribution in [1.29, 1.82) is 0 Å². The molecule has 0 unspecified atom stereocenters. The van der Waals surface area contributed by atoms with Crippen LogP contribution in [0.4, 0.5) is 5.69 Å². The van der Waals surface area contributed by atoms with E-state index in [1.54, 1.807) is 0 Å². The van der Waals surface area contributed by atoms with Gasteiger partial charge in [-0.1, -0.05) is 18.2 Å². The topological polar surface area (TPSA) is 28.4 Å². The summed E-state index contributed by atoms with van der Waals surface area (Å²) >= 11 is 0. The molecule has 0 bridgehead atoms. The number of nitrogens with zero attached hydrogens (tertiary/aromatic N) is 1. The van der Waals surface area contributed by atoms with E-state index in [9.17, 15) is 0 Å². The van der Waals surface area contributed by atoms with Crippen LogP contribution in [0.3, 0.4) is 0 Å². The Hall–Kier alpha value is -1.74. The van der Waals surface area contributed by atoms with Crippen molar-refractivity contribution in [2.24, 2.45) is 0 Å². The standard InChI is InChI=1S/C15H20N2O/c1-12-13(10-16-2)9-15(18-12)11-17(3)14-7-5-4-6-8-14/h4-9,16H,10-11H2,1-3H3. The van der Waals surface area contributed by atoms with Crippen LogP contribution in [0.15, 0.2) is 40.8 Å². The highest BCUT2D eigenvalue weighted by molar-refractivity contribution is 5.45. The molecule has 2 aromatic rings. The highest BCUT2D eigenvalue weighted by Gasteiger charge is 2.09. The highest BCUT2D eigenvalue weighted by atomic mass is 16.3. The molecule has 0 saturated carbocycles. The number of furan rings is 1. The largest absolute Gasteiger partial charge is 0.464 e. The monoisotopic (exact) mass is 244 g/mol. The summed E-state index contributed by atoms with van der Waals surface area (Å²) in [6.07, 6.45) is 0. The first-order chi connectivity index (χ1) is 8.70. The fraction of sp³-hybridized carbons (Fsp3) is 0.333. The zero-order valence-electron chi connectivity index (χ0n) is 11.2. The maximum absolute atomic E-state index is 5.78. The summed E-state index contributed by atoms with van der Waals surface area (Å²) in [5, 5.41) is 3.15. The van der Waals surface area contributed by atoms with Gasteiger partial charge in [-0.15, -0.1) is 0 Å². The van der Waals surface area contributed by atoms with Crippen LogP contribution in [-0.2, 0) is 13.1 Å². The molecule has 18 heavy (non-hydrogen) atoms. The van der Waals surface area contributed by atoms with Gasteiger partial charge >= 0.3 is 0 Å². The number of anilines is 1. The average Bonchev–Trinajstić information content (AvgIpc) is 2.71. The molecular weight excluding hydrogens is 224 g/mol. The smallest absolute Gasteiger partial charge is 0.123 e. The van der Waals surface area contributed by atoms with Crippen LogP contribution in [0, 0.1) is 6.92 Å². The molecule has 1 N–H and O–H groups in total.